The zero-order chi connectivity index (χ0) is 19.2. The highest BCUT2D eigenvalue weighted by Crippen LogP contribution is 2.23. The number of piperidine rings is 1. The molecule has 2 saturated heterocycles. The van der Waals surface area contributed by atoms with Gasteiger partial charge in [0.1, 0.15) is 17.6 Å². The third-order valence-corrected chi connectivity index (χ3v) is 5.53. The molecule has 2 aromatic rings. The second-order valence-electron chi connectivity index (χ2n) is 7.67. The van der Waals surface area contributed by atoms with Gasteiger partial charge in [-0.25, -0.2) is 0 Å². The van der Waals surface area contributed by atoms with Gasteiger partial charge in [0.2, 0.25) is 0 Å². The molecule has 29 heavy (non-hydrogen) atoms. The second-order valence-corrected chi connectivity index (χ2v) is 7.67. The molecule has 3 heterocycles. The van der Waals surface area contributed by atoms with E-state index in [1.165, 1.54) is 0 Å². The Hall–Kier alpha value is -1.73. The fourth-order valence-corrected chi connectivity index (χ4v) is 3.84. The minimum atomic E-state index is 0. The Bertz CT molecular complexity index is 805. The van der Waals surface area contributed by atoms with Crippen LogP contribution in [0.4, 0.5) is 0 Å². The minimum Gasteiger partial charge on any atom is -0.490 e. The van der Waals surface area contributed by atoms with E-state index in [-0.39, 0.29) is 24.3 Å². The predicted molar refractivity (Wildman–Crippen MR) is 116 cm³/mol. The van der Waals surface area contributed by atoms with E-state index in [1.54, 1.807) is 0 Å². The Morgan fingerprint density at radius 3 is 2.76 bits per heavy atom. The Balaban J connectivity index is 0.00000240. The number of rotatable bonds is 7. The van der Waals surface area contributed by atoms with Crippen molar-refractivity contribution < 1.29 is 14.3 Å². The molecule has 1 aromatic carbocycles. The van der Waals surface area contributed by atoms with E-state index in [0.717, 1.165) is 81.0 Å². The van der Waals surface area contributed by atoms with Crippen LogP contribution >= 0.6 is 12.4 Å². The smallest absolute Gasteiger partial charge is 0.140 e. The van der Waals surface area contributed by atoms with Crippen LogP contribution in [0.3, 0.4) is 0 Å². The number of carbonyl (C=O) groups is 1. The fourth-order valence-electron chi connectivity index (χ4n) is 3.84. The minimum absolute atomic E-state index is 0. The van der Waals surface area contributed by atoms with E-state index in [1.807, 2.05) is 24.4 Å². The van der Waals surface area contributed by atoms with Crippen LogP contribution < -0.4 is 10.1 Å². The number of ketones is 1. The Kier molecular flexibility index (Phi) is 8.24. The molecule has 2 aliphatic heterocycles. The summed E-state index contributed by atoms with van der Waals surface area (Å²) in [6, 6.07) is 8.15. The average Bonchev–Trinajstić information content (AvgIpc) is 2.73. The van der Waals surface area contributed by atoms with Gasteiger partial charge in [-0.1, -0.05) is 0 Å². The number of aromatic nitrogens is 1. The summed E-state index contributed by atoms with van der Waals surface area (Å²) in [6.45, 7) is 6.20. The summed E-state index contributed by atoms with van der Waals surface area (Å²) in [6.07, 6.45) is 5.17. The van der Waals surface area contributed by atoms with Crippen molar-refractivity contribution >= 4 is 29.0 Å². The standard InChI is InChI=1S/C22H29N3O3.ClH/c26-20(5-8-25-9-11-27-12-10-25)15-19-13-18-14-22(2-1-17(18)16-24-19)28-21-3-6-23-7-4-21;/h1-2,13-14,16,21,23H,3-12,15H2;1H. The molecule has 0 amide bonds. The van der Waals surface area contributed by atoms with E-state index in [2.05, 4.69) is 21.3 Å². The van der Waals surface area contributed by atoms with Crippen LogP contribution in [0.15, 0.2) is 30.5 Å². The number of ether oxygens (including phenoxy) is 2. The summed E-state index contributed by atoms with van der Waals surface area (Å²) >= 11 is 0. The number of benzene rings is 1. The first-order valence-corrected chi connectivity index (χ1v) is 10.3. The van der Waals surface area contributed by atoms with Crippen molar-refractivity contribution in [2.75, 3.05) is 45.9 Å². The lowest BCUT2D eigenvalue weighted by Crippen LogP contribution is -2.37. The van der Waals surface area contributed by atoms with Crippen molar-refractivity contribution in [1.82, 2.24) is 15.2 Å². The highest BCUT2D eigenvalue weighted by molar-refractivity contribution is 5.86. The maximum Gasteiger partial charge on any atom is 0.140 e. The maximum atomic E-state index is 12.4. The first-order valence-electron chi connectivity index (χ1n) is 10.3. The van der Waals surface area contributed by atoms with Gasteiger partial charge in [-0.05, 0) is 55.6 Å². The van der Waals surface area contributed by atoms with Gasteiger partial charge in [-0.15, -0.1) is 12.4 Å². The molecular formula is C22H30ClN3O3. The molecular weight excluding hydrogens is 390 g/mol. The van der Waals surface area contributed by atoms with E-state index >= 15 is 0 Å². The van der Waals surface area contributed by atoms with Crippen molar-refractivity contribution in [3.63, 3.8) is 0 Å². The third kappa shape index (κ3) is 6.37. The third-order valence-electron chi connectivity index (χ3n) is 5.53. The predicted octanol–water partition coefficient (Wildman–Crippen LogP) is 2.62. The Labute approximate surface area is 178 Å². The second kappa shape index (κ2) is 10.9. The monoisotopic (exact) mass is 419 g/mol. The molecule has 0 aliphatic carbocycles. The van der Waals surface area contributed by atoms with E-state index < -0.39 is 0 Å². The van der Waals surface area contributed by atoms with Crippen LogP contribution in [0.2, 0.25) is 0 Å². The van der Waals surface area contributed by atoms with Gasteiger partial charge in [0.05, 0.1) is 13.2 Å². The van der Waals surface area contributed by atoms with Gasteiger partial charge in [0, 0.05) is 49.8 Å². The number of fused-ring (bicyclic) bond motifs is 1. The quantitative estimate of drug-likeness (QED) is 0.744. The van der Waals surface area contributed by atoms with Gasteiger partial charge >= 0.3 is 0 Å². The average molecular weight is 420 g/mol. The molecule has 0 bridgehead atoms. The molecule has 2 aliphatic rings. The highest BCUT2D eigenvalue weighted by atomic mass is 35.5. The number of hydrogen-bond acceptors (Lipinski definition) is 6. The first kappa shape index (κ1) is 22.0. The van der Waals surface area contributed by atoms with Crippen LogP contribution in [0, 0.1) is 0 Å². The summed E-state index contributed by atoms with van der Waals surface area (Å²) in [5.74, 6) is 1.13. The van der Waals surface area contributed by atoms with Crippen molar-refractivity contribution in [1.29, 1.82) is 0 Å². The zero-order valence-corrected chi connectivity index (χ0v) is 17.6. The molecule has 0 unspecified atom stereocenters. The van der Waals surface area contributed by atoms with Crippen molar-refractivity contribution in [2.45, 2.75) is 31.8 Å². The number of carbonyl (C=O) groups excluding carboxylic acids is 1. The lowest BCUT2D eigenvalue weighted by molar-refractivity contribution is -0.119. The van der Waals surface area contributed by atoms with Crippen LogP contribution in [-0.4, -0.2) is 67.7 Å². The summed E-state index contributed by atoms with van der Waals surface area (Å²) < 4.78 is 11.5. The number of halogens is 1. The lowest BCUT2D eigenvalue weighted by atomic mass is 10.1. The van der Waals surface area contributed by atoms with Crippen molar-refractivity contribution in [3.8, 4) is 5.75 Å². The number of pyridine rings is 1. The molecule has 0 radical (unpaired) electrons. The molecule has 7 heteroatoms. The molecule has 0 atom stereocenters. The summed E-state index contributed by atoms with van der Waals surface area (Å²) in [5.41, 5.74) is 0.832. The topological polar surface area (TPSA) is 63.7 Å². The van der Waals surface area contributed by atoms with Gasteiger partial charge < -0.3 is 14.8 Å². The number of Topliss-reactive ketones (excluding diaryl/α,β-unsaturated/α-hetero) is 1. The highest BCUT2D eigenvalue weighted by Gasteiger charge is 2.15. The SMILES string of the molecule is Cl.O=C(CCN1CCOCC1)Cc1cc2cc(OC3CCNCC3)ccc2cn1. The van der Waals surface area contributed by atoms with Gasteiger partial charge in [0.15, 0.2) is 0 Å². The molecule has 2 fully saturated rings. The zero-order valence-electron chi connectivity index (χ0n) is 16.8. The number of morpholine rings is 1. The molecule has 0 saturated carbocycles. The molecule has 158 valence electrons. The van der Waals surface area contributed by atoms with Crippen molar-refractivity contribution in [3.05, 3.63) is 36.2 Å². The first-order chi connectivity index (χ1) is 13.8. The fraction of sp³-hybridized carbons (Fsp3) is 0.545. The van der Waals surface area contributed by atoms with E-state index in [4.69, 9.17) is 9.47 Å². The number of nitrogens with one attached hydrogen (secondary N) is 1. The molecule has 1 aromatic heterocycles. The van der Waals surface area contributed by atoms with Crippen LogP contribution in [0.5, 0.6) is 5.75 Å². The molecule has 0 spiro atoms. The Morgan fingerprint density at radius 2 is 1.97 bits per heavy atom. The normalized spacial score (nSPS) is 18.3. The van der Waals surface area contributed by atoms with Gasteiger partial charge in [0.25, 0.3) is 0 Å². The van der Waals surface area contributed by atoms with Crippen LogP contribution in [0.25, 0.3) is 10.8 Å². The van der Waals surface area contributed by atoms with Crippen LogP contribution in [-0.2, 0) is 16.0 Å². The van der Waals surface area contributed by atoms with E-state index in [9.17, 15) is 4.79 Å². The van der Waals surface area contributed by atoms with Gasteiger partial charge in [-0.2, -0.15) is 0 Å². The Morgan fingerprint density at radius 1 is 1.17 bits per heavy atom. The lowest BCUT2D eigenvalue weighted by Gasteiger charge is -2.26. The van der Waals surface area contributed by atoms with Crippen LogP contribution in [0.1, 0.15) is 25.0 Å². The van der Waals surface area contributed by atoms with E-state index in [0.29, 0.717) is 12.8 Å². The summed E-state index contributed by atoms with van der Waals surface area (Å²) in [4.78, 5) is 19.2. The molecule has 6 nitrogen and oxygen atoms in total. The number of nitrogens with zero attached hydrogens (tertiary/aromatic N) is 2. The summed E-state index contributed by atoms with van der Waals surface area (Å²) in [7, 11) is 0. The largest absolute Gasteiger partial charge is 0.490 e. The maximum absolute atomic E-state index is 12.4. The van der Waals surface area contributed by atoms with Crippen molar-refractivity contribution in [2.24, 2.45) is 0 Å². The number of hydrogen-bond donors (Lipinski definition) is 1. The molecule has 1 N–H and O–H groups in total. The molecule has 4 rings (SSSR count). The summed E-state index contributed by atoms with van der Waals surface area (Å²) in [5, 5.41) is 5.51. The van der Waals surface area contributed by atoms with Gasteiger partial charge in [-0.3, -0.25) is 14.7 Å².